The number of hydrogen-bond acceptors (Lipinski definition) is 5. The van der Waals surface area contributed by atoms with E-state index in [1.807, 2.05) is 0 Å². The first kappa shape index (κ1) is 10.4. The zero-order valence-electron chi connectivity index (χ0n) is 7.34. The molecular formula is C8H11N3O3. The minimum Gasteiger partial charge on any atom is -0.478 e. The number of hydrogen-bond donors (Lipinski definition) is 4. The Kier molecular flexibility index (Phi) is 3.00. The second-order valence-corrected chi connectivity index (χ2v) is 2.79. The number of aromatic nitrogens is 1. The van der Waals surface area contributed by atoms with E-state index in [1.165, 1.54) is 12.3 Å². The molecule has 0 fully saturated rings. The molecule has 0 spiro atoms. The van der Waals surface area contributed by atoms with Gasteiger partial charge in [0.15, 0.2) is 0 Å². The van der Waals surface area contributed by atoms with Gasteiger partial charge in [0.2, 0.25) is 0 Å². The summed E-state index contributed by atoms with van der Waals surface area (Å²) in [4.78, 5) is 14.5. The Labute approximate surface area is 80.2 Å². The molecule has 0 bridgehead atoms. The number of pyridine rings is 1. The van der Waals surface area contributed by atoms with Crippen molar-refractivity contribution in [3.63, 3.8) is 0 Å². The maximum Gasteiger partial charge on any atom is 0.336 e. The molecule has 0 aliphatic carbocycles. The van der Waals surface area contributed by atoms with Crippen LogP contribution in [-0.2, 0) is 0 Å². The summed E-state index contributed by atoms with van der Waals surface area (Å²) in [7, 11) is 0. The number of nitrogen functional groups attached to an aromatic ring is 1. The second-order valence-electron chi connectivity index (χ2n) is 2.79. The van der Waals surface area contributed by atoms with Crippen LogP contribution in [0.15, 0.2) is 12.3 Å². The molecule has 0 radical (unpaired) electrons. The second kappa shape index (κ2) is 4.03. The van der Waals surface area contributed by atoms with Crippen molar-refractivity contribution in [1.29, 1.82) is 0 Å². The predicted molar refractivity (Wildman–Crippen MR) is 49.6 cm³/mol. The molecule has 1 atom stereocenters. The van der Waals surface area contributed by atoms with E-state index in [2.05, 4.69) is 4.98 Å². The summed E-state index contributed by atoms with van der Waals surface area (Å²) in [5.41, 5.74) is 11.1. The van der Waals surface area contributed by atoms with Crippen molar-refractivity contribution >= 4 is 11.8 Å². The molecule has 76 valence electrons. The number of nitrogens with zero attached hydrogens (tertiary/aromatic N) is 1. The number of carboxylic acids is 1. The Bertz CT molecular complexity index is 354. The zero-order chi connectivity index (χ0) is 10.7. The first-order chi connectivity index (χ1) is 6.56. The molecule has 6 N–H and O–H groups in total. The van der Waals surface area contributed by atoms with Gasteiger partial charge in [-0.15, -0.1) is 0 Å². The van der Waals surface area contributed by atoms with Gasteiger partial charge in [-0.3, -0.25) is 0 Å². The molecule has 1 aromatic heterocycles. The summed E-state index contributed by atoms with van der Waals surface area (Å²) in [6, 6.07) is 0.460. The van der Waals surface area contributed by atoms with Crippen molar-refractivity contribution in [2.24, 2.45) is 5.73 Å². The average molecular weight is 197 g/mol. The molecule has 0 saturated carbocycles. The number of carbonyl (C=O) groups is 1. The van der Waals surface area contributed by atoms with E-state index in [4.69, 9.17) is 21.7 Å². The van der Waals surface area contributed by atoms with Crippen molar-refractivity contribution in [2.45, 2.75) is 6.04 Å². The van der Waals surface area contributed by atoms with Gasteiger partial charge >= 0.3 is 5.97 Å². The summed E-state index contributed by atoms with van der Waals surface area (Å²) in [5, 5.41) is 17.6. The molecule has 0 unspecified atom stereocenters. The van der Waals surface area contributed by atoms with Gasteiger partial charge in [-0.1, -0.05) is 0 Å². The number of anilines is 1. The monoisotopic (exact) mass is 197 g/mol. The molecule has 1 heterocycles. The van der Waals surface area contributed by atoms with Crippen LogP contribution >= 0.6 is 0 Å². The summed E-state index contributed by atoms with van der Waals surface area (Å²) < 4.78 is 0. The van der Waals surface area contributed by atoms with Gasteiger partial charge in [0.25, 0.3) is 0 Å². The van der Waals surface area contributed by atoms with Gasteiger partial charge in [-0.2, -0.15) is 0 Å². The van der Waals surface area contributed by atoms with Crippen LogP contribution in [0, 0.1) is 0 Å². The van der Waals surface area contributed by atoms with Gasteiger partial charge in [-0.25, -0.2) is 9.78 Å². The van der Waals surface area contributed by atoms with Crippen LogP contribution in [-0.4, -0.2) is 27.8 Å². The quantitative estimate of drug-likeness (QED) is 0.511. The maximum atomic E-state index is 10.8. The summed E-state index contributed by atoms with van der Waals surface area (Å²) in [5.74, 6) is -1.03. The largest absolute Gasteiger partial charge is 0.478 e. The van der Waals surface area contributed by atoms with Gasteiger partial charge in [0, 0.05) is 11.8 Å². The number of aliphatic hydroxyl groups is 1. The fourth-order valence-electron chi connectivity index (χ4n) is 1.06. The van der Waals surface area contributed by atoms with Gasteiger partial charge < -0.3 is 21.7 Å². The summed E-state index contributed by atoms with van der Waals surface area (Å²) in [6.45, 7) is -0.341. The number of aromatic carboxylic acids is 1. The normalized spacial score (nSPS) is 12.4. The topological polar surface area (TPSA) is 122 Å². The molecular weight excluding hydrogens is 186 g/mol. The number of nitrogens with two attached hydrogens (primary N) is 2. The van der Waals surface area contributed by atoms with E-state index in [9.17, 15) is 4.79 Å². The van der Waals surface area contributed by atoms with E-state index in [-0.39, 0.29) is 23.6 Å². The number of aliphatic hydroxyl groups excluding tert-OH is 1. The first-order valence-electron chi connectivity index (χ1n) is 3.91. The fourth-order valence-corrected chi connectivity index (χ4v) is 1.06. The Morgan fingerprint density at radius 2 is 2.29 bits per heavy atom. The maximum absolute atomic E-state index is 10.8. The minimum atomic E-state index is -1.14. The highest BCUT2D eigenvalue weighted by Gasteiger charge is 2.16. The van der Waals surface area contributed by atoms with E-state index in [0.29, 0.717) is 0 Å². The van der Waals surface area contributed by atoms with Crippen molar-refractivity contribution in [3.05, 3.63) is 23.4 Å². The number of carboxylic acid groups (broad SMARTS) is 1. The average Bonchev–Trinajstić information content (AvgIpc) is 2.16. The first-order valence-corrected chi connectivity index (χ1v) is 3.91. The number of rotatable bonds is 3. The third-order valence-corrected chi connectivity index (χ3v) is 1.78. The van der Waals surface area contributed by atoms with Gasteiger partial charge in [-0.05, 0) is 6.07 Å². The minimum absolute atomic E-state index is 0.0287. The van der Waals surface area contributed by atoms with Crippen LogP contribution in [0.4, 0.5) is 5.82 Å². The Morgan fingerprint density at radius 3 is 2.79 bits per heavy atom. The summed E-state index contributed by atoms with van der Waals surface area (Å²) in [6.07, 6.45) is 1.26. The molecule has 0 aliphatic heterocycles. The molecule has 14 heavy (non-hydrogen) atoms. The van der Waals surface area contributed by atoms with Crippen molar-refractivity contribution in [3.8, 4) is 0 Å². The van der Waals surface area contributed by atoms with E-state index >= 15 is 0 Å². The fraction of sp³-hybridized carbons (Fsp3) is 0.250. The van der Waals surface area contributed by atoms with Crippen molar-refractivity contribution in [1.82, 2.24) is 4.98 Å². The lowest BCUT2D eigenvalue weighted by atomic mass is 10.0. The highest BCUT2D eigenvalue weighted by atomic mass is 16.4. The van der Waals surface area contributed by atoms with Crippen LogP contribution in [0.2, 0.25) is 0 Å². The standard InChI is InChI=1S/C8H11N3O3/c9-6(3-12)5-2-11-7(10)1-4(5)8(13)14/h1-2,6,12H,3,9H2,(H2,10,11)(H,13,14)/t6-/m1/s1. The molecule has 0 aromatic carbocycles. The van der Waals surface area contributed by atoms with E-state index < -0.39 is 12.0 Å². The predicted octanol–water partition coefficient (Wildman–Crippen LogP) is -0.646. The lowest BCUT2D eigenvalue weighted by molar-refractivity contribution is 0.0694. The molecule has 1 aromatic rings. The van der Waals surface area contributed by atoms with Crippen molar-refractivity contribution in [2.75, 3.05) is 12.3 Å². The highest BCUT2D eigenvalue weighted by Crippen LogP contribution is 2.16. The smallest absolute Gasteiger partial charge is 0.336 e. The molecule has 0 aliphatic rings. The molecule has 1 rings (SSSR count). The van der Waals surface area contributed by atoms with Crippen LogP contribution in [0.5, 0.6) is 0 Å². The SMILES string of the molecule is Nc1cc(C(=O)O)c([C@H](N)CO)cn1. The van der Waals surface area contributed by atoms with Crippen LogP contribution < -0.4 is 11.5 Å². The highest BCUT2D eigenvalue weighted by molar-refractivity contribution is 5.90. The van der Waals surface area contributed by atoms with Crippen LogP contribution in [0.3, 0.4) is 0 Å². The van der Waals surface area contributed by atoms with Crippen molar-refractivity contribution < 1.29 is 15.0 Å². The van der Waals surface area contributed by atoms with E-state index in [1.54, 1.807) is 0 Å². The third-order valence-electron chi connectivity index (χ3n) is 1.78. The van der Waals surface area contributed by atoms with Crippen LogP contribution in [0.25, 0.3) is 0 Å². The molecule has 0 amide bonds. The zero-order valence-corrected chi connectivity index (χ0v) is 7.34. The Balaban J connectivity index is 3.21. The van der Waals surface area contributed by atoms with Gasteiger partial charge in [0.1, 0.15) is 5.82 Å². The molecule has 0 saturated heterocycles. The lowest BCUT2D eigenvalue weighted by Crippen LogP contribution is -2.19. The van der Waals surface area contributed by atoms with E-state index in [0.717, 1.165) is 0 Å². The lowest BCUT2D eigenvalue weighted by Gasteiger charge is -2.11. The van der Waals surface area contributed by atoms with Crippen LogP contribution in [0.1, 0.15) is 22.0 Å². The molecule has 6 heteroatoms. The van der Waals surface area contributed by atoms with Gasteiger partial charge in [0.05, 0.1) is 18.2 Å². The third kappa shape index (κ3) is 1.98. The summed E-state index contributed by atoms with van der Waals surface area (Å²) >= 11 is 0. The molecule has 6 nitrogen and oxygen atoms in total. The Hall–Kier alpha value is -1.66. The Morgan fingerprint density at radius 1 is 1.64 bits per heavy atom.